The number of carbonyl (C=O) groups excluding carboxylic acids is 2. The Kier molecular flexibility index (Phi) is 6.18. The lowest BCUT2D eigenvalue weighted by molar-refractivity contribution is -0.143. The van der Waals surface area contributed by atoms with Gasteiger partial charge in [-0.15, -0.1) is 11.3 Å². The fourth-order valence-electron chi connectivity index (χ4n) is 4.28. The van der Waals surface area contributed by atoms with Crippen LogP contribution in [-0.2, 0) is 14.3 Å². The molecule has 6 nitrogen and oxygen atoms in total. The van der Waals surface area contributed by atoms with Crippen molar-refractivity contribution in [3.63, 3.8) is 0 Å². The summed E-state index contributed by atoms with van der Waals surface area (Å²) in [5.41, 5.74) is 0.289. The summed E-state index contributed by atoms with van der Waals surface area (Å²) < 4.78 is 12.3. The Morgan fingerprint density at radius 1 is 1.24 bits per heavy atom. The minimum atomic E-state index is -0.423. The van der Waals surface area contributed by atoms with Gasteiger partial charge < -0.3 is 19.7 Å². The molecule has 1 aromatic heterocycles. The third kappa shape index (κ3) is 4.32. The van der Waals surface area contributed by atoms with Gasteiger partial charge in [-0.05, 0) is 31.7 Å². The van der Waals surface area contributed by atoms with Crippen LogP contribution in [0.25, 0.3) is 10.1 Å². The van der Waals surface area contributed by atoms with Gasteiger partial charge in [0.15, 0.2) is 0 Å². The number of piperidine rings is 1. The summed E-state index contributed by atoms with van der Waals surface area (Å²) >= 11 is 1.58. The molecule has 29 heavy (non-hydrogen) atoms. The second-order valence-electron chi connectivity index (χ2n) is 7.93. The second kappa shape index (κ2) is 8.81. The second-order valence-corrected chi connectivity index (χ2v) is 8.84. The van der Waals surface area contributed by atoms with Crippen molar-refractivity contribution in [3.8, 4) is 0 Å². The first kappa shape index (κ1) is 20.3. The number of rotatable bonds is 5. The molecular weight excluding hydrogens is 388 g/mol. The maximum atomic E-state index is 12.8. The first-order valence-corrected chi connectivity index (χ1v) is 11.2. The Morgan fingerprint density at radius 2 is 1.97 bits per heavy atom. The minimum absolute atomic E-state index is 0.0698. The number of benzene rings is 1. The van der Waals surface area contributed by atoms with Crippen molar-refractivity contribution in [2.75, 3.05) is 40.0 Å². The molecule has 2 fully saturated rings. The quantitative estimate of drug-likeness (QED) is 0.813. The maximum Gasteiger partial charge on any atom is 0.252 e. The number of ether oxygens (including phenoxy) is 2. The van der Waals surface area contributed by atoms with Crippen LogP contribution < -0.4 is 5.32 Å². The summed E-state index contributed by atoms with van der Waals surface area (Å²) in [6.45, 7) is 3.14. The number of amides is 2. The number of hydrogen-bond donors (Lipinski definition) is 1. The van der Waals surface area contributed by atoms with E-state index in [1.165, 1.54) is 0 Å². The van der Waals surface area contributed by atoms with E-state index < -0.39 is 5.60 Å². The maximum absolute atomic E-state index is 12.8. The van der Waals surface area contributed by atoms with Crippen molar-refractivity contribution >= 4 is 33.2 Å². The molecule has 0 spiro atoms. The summed E-state index contributed by atoms with van der Waals surface area (Å²) in [4.78, 5) is 27.5. The molecule has 0 aliphatic carbocycles. The standard InChI is InChI=1S/C22H28N2O4S/c1-27-22(8-10-24(11-9-22)21(26)16-6-12-28-13-7-16)15-23-20(25)18-14-29-19-5-3-2-4-17(18)19/h2-5,14,16H,6-13,15H2,1H3,(H,23,25). The first-order valence-electron chi connectivity index (χ1n) is 10.3. The lowest BCUT2D eigenvalue weighted by Gasteiger charge is -2.42. The van der Waals surface area contributed by atoms with Crippen molar-refractivity contribution in [1.29, 1.82) is 0 Å². The van der Waals surface area contributed by atoms with Gasteiger partial charge in [-0.2, -0.15) is 0 Å². The normalized spacial score (nSPS) is 20.0. The van der Waals surface area contributed by atoms with E-state index in [2.05, 4.69) is 5.32 Å². The van der Waals surface area contributed by atoms with Crippen molar-refractivity contribution in [2.24, 2.45) is 5.92 Å². The molecule has 2 aliphatic rings. The molecular formula is C22H28N2O4S. The highest BCUT2D eigenvalue weighted by atomic mass is 32.1. The number of likely N-dealkylation sites (tertiary alicyclic amines) is 1. The van der Waals surface area contributed by atoms with E-state index in [0.717, 1.165) is 35.8 Å². The summed E-state index contributed by atoms with van der Waals surface area (Å²) in [6.07, 6.45) is 3.08. The molecule has 0 saturated carbocycles. The molecule has 4 rings (SSSR count). The highest BCUT2D eigenvalue weighted by Gasteiger charge is 2.38. The zero-order valence-electron chi connectivity index (χ0n) is 16.8. The molecule has 3 heterocycles. The monoisotopic (exact) mass is 416 g/mol. The molecule has 0 radical (unpaired) electrons. The van der Waals surface area contributed by atoms with Crippen LogP contribution >= 0.6 is 11.3 Å². The molecule has 1 aromatic carbocycles. The van der Waals surface area contributed by atoms with Gasteiger partial charge in [0.25, 0.3) is 5.91 Å². The van der Waals surface area contributed by atoms with E-state index in [-0.39, 0.29) is 17.7 Å². The number of methoxy groups -OCH3 is 1. The van der Waals surface area contributed by atoms with E-state index in [1.807, 2.05) is 34.5 Å². The van der Waals surface area contributed by atoms with Gasteiger partial charge in [-0.3, -0.25) is 9.59 Å². The lowest BCUT2D eigenvalue weighted by Crippen LogP contribution is -2.54. The van der Waals surface area contributed by atoms with E-state index >= 15 is 0 Å². The molecule has 2 saturated heterocycles. The van der Waals surface area contributed by atoms with Crippen LogP contribution in [0.15, 0.2) is 29.6 Å². The first-order chi connectivity index (χ1) is 14.1. The van der Waals surface area contributed by atoms with E-state index in [0.29, 0.717) is 38.4 Å². The number of fused-ring (bicyclic) bond motifs is 1. The number of thiophene rings is 1. The highest BCUT2D eigenvalue weighted by Crippen LogP contribution is 2.29. The average Bonchev–Trinajstić information content (AvgIpc) is 3.22. The van der Waals surface area contributed by atoms with Crippen molar-refractivity contribution in [1.82, 2.24) is 10.2 Å². The minimum Gasteiger partial charge on any atom is -0.381 e. The Balaban J connectivity index is 1.34. The van der Waals surface area contributed by atoms with Gasteiger partial charge in [0.1, 0.15) is 0 Å². The number of hydrogen-bond acceptors (Lipinski definition) is 5. The summed E-state index contributed by atoms with van der Waals surface area (Å²) in [5.74, 6) is 0.261. The summed E-state index contributed by atoms with van der Waals surface area (Å²) in [6, 6.07) is 7.94. The highest BCUT2D eigenvalue weighted by molar-refractivity contribution is 7.17. The van der Waals surface area contributed by atoms with Crippen LogP contribution in [0, 0.1) is 5.92 Å². The molecule has 0 bridgehead atoms. The molecule has 2 aliphatic heterocycles. The van der Waals surface area contributed by atoms with Crippen molar-refractivity contribution < 1.29 is 19.1 Å². The molecule has 7 heteroatoms. The van der Waals surface area contributed by atoms with Crippen molar-refractivity contribution in [3.05, 3.63) is 35.2 Å². The van der Waals surface area contributed by atoms with E-state index in [4.69, 9.17) is 9.47 Å². The lowest BCUT2D eigenvalue weighted by atomic mass is 9.89. The van der Waals surface area contributed by atoms with Gasteiger partial charge in [0.2, 0.25) is 5.91 Å². The Labute approximate surface area is 175 Å². The average molecular weight is 417 g/mol. The molecule has 2 aromatic rings. The van der Waals surface area contributed by atoms with Gasteiger partial charge >= 0.3 is 0 Å². The zero-order valence-corrected chi connectivity index (χ0v) is 17.6. The third-order valence-corrected chi connectivity index (χ3v) is 7.25. The van der Waals surface area contributed by atoms with Crippen LogP contribution in [-0.4, -0.2) is 62.3 Å². The Morgan fingerprint density at radius 3 is 2.69 bits per heavy atom. The smallest absolute Gasteiger partial charge is 0.252 e. The van der Waals surface area contributed by atoms with Gasteiger partial charge in [-0.25, -0.2) is 0 Å². The van der Waals surface area contributed by atoms with Crippen LogP contribution in [0.1, 0.15) is 36.0 Å². The number of nitrogens with one attached hydrogen (secondary N) is 1. The number of nitrogens with zero attached hydrogens (tertiary/aromatic N) is 1. The van der Waals surface area contributed by atoms with Crippen LogP contribution in [0.2, 0.25) is 0 Å². The summed E-state index contributed by atoms with van der Waals surface area (Å²) in [5, 5.41) is 5.96. The predicted molar refractivity (Wildman–Crippen MR) is 113 cm³/mol. The predicted octanol–water partition coefficient (Wildman–Crippen LogP) is 3.07. The molecule has 0 atom stereocenters. The largest absolute Gasteiger partial charge is 0.381 e. The fourth-order valence-corrected chi connectivity index (χ4v) is 5.22. The van der Waals surface area contributed by atoms with Crippen molar-refractivity contribution in [2.45, 2.75) is 31.3 Å². The Bertz CT molecular complexity index is 867. The van der Waals surface area contributed by atoms with Crippen LogP contribution in [0.5, 0.6) is 0 Å². The van der Waals surface area contributed by atoms with E-state index in [1.54, 1.807) is 18.4 Å². The van der Waals surface area contributed by atoms with Gasteiger partial charge in [0, 0.05) is 61.3 Å². The van der Waals surface area contributed by atoms with Gasteiger partial charge in [-0.1, -0.05) is 18.2 Å². The molecule has 1 N–H and O–H groups in total. The Hall–Kier alpha value is -1.96. The topological polar surface area (TPSA) is 67.9 Å². The molecule has 156 valence electrons. The molecule has 0 unspecified atom stereocenters. The van der Waals surface area contributed by atoms with Crippen LogP contribution in [0.3, 0.4) is 0 Å². The third-order valence-electron chi connectivity index (χ3n) is 6.29. The SMILES string of the molecule is COC1(CNC(=O)c2csc3ccccc23)CCN(C(=O)C2CCOCC2)CC1. The number of carbonyl (C=O) groups is 2. The van der Waals surface area contributed by atoms with E-state index in [9.17, 15) is 9.59 Å². The molecule has 2 amide bonds. The van der Waals surface area contributed by atoms with Crippen LogP contribution in [0.4, 0.5) is 0 Å². The summed E-state index contributed by atoms with van der Waals surface area (Å²) in [7, 11) is 1.70. The van der Waals surface area contributed by atoms with Gasteiger partial charge in [0.05, 0.1) is 11.2 Å². The zero-order chi connectivity index (χ0) is 20.3. The fraction of sp³-hybridized carbons (Fsp3) is 0.545.